The van der Waals surface area contributed by atoms with Gasteiger partial charge in [-0.1, -0.05) is 0 Å². The summed E-state index contributed by atoms with van der Waals surface area (Å²) < 4.78 is 71.7. The molecule has 3 fully saturated rings. The van der Waals surface area contributed by atoms with E-state index in [1.54, 1.807) is 4.90 Å². The van der Waals surface area contributed by atoms with Gasteiger partial charge in [0.25, 0.3) is 0 Å². The number of carbonyl (C=O) groups is 9. The smallest absolute Gasteiger partial charge is 0.234 e. The standard InChI is InChI=1S/C63H115N11O32/c1-40(79)70-52-58(91)55(88)43(37-76)104-61(52)101-31-28-98-25-22-94-17-4-46(82)64-7-10-67-49(85)34-73(15-20-97-21-16-75)13-14-74(35-50(86)68-11-8-65-47(83)5-18-95-23-26-99-29-32-102-62-53(71-41(2)80)59(92)56(89)44(38-77)105-62)36-51(87)69-12-9-66-48(84)6-19-96-24-27-100-30-33-103-63-54(72-42(3)81)60(93)57(90)45(39-78)106-63/h43-45,52-63,75-78,88-93H,4-39H2,1-3H3,(H,64,82)(H,65,83)(H,66,84)(H,67,85)(H,68,86)(H,69,87)(H,70,79)(H,71,80)(H,72,81). The van der Waals surface area contributed by atoms with Crippen LogP contribution in [0.4, 0.5) is 0 Å². The number of rotatable bonds is 59. The lowest BCUT2D eigenvalue weighted by Gasteiger charge is -2.42. The van der Waals surface area contributed by atoms with Crippen LogP contribution in [0.1, 0.15) is 40.0 Å². The molecule has 0 spiro atoms. The molecule has 19 N–H and O–H groups in total. The van der Waals surface area contributed by atoms with Crippen LogP contribution in [-0.4, -0.2) is 423 Å². The average molecular weight is 1540 g/mol. The molecule has 614 valence electrons. The third kappa shape index (κ3) is 40.1. The maximum absolute atomic E-state index is 13.4. The van der Waals surface area contributed by atoms with Gasteiger partial charge in [0.05, 0.1) is 158 Å². The molecule has 0 aromatic rings. The Morgan fingerprint density at radius 3 is 0.849 bits per heavy atom. The number of amides is 9. The van der Waals surface area contributed by atoms with Crippen LogP contribution in [0.2, 0.25) is 0 Å². The quantitative estimate of drug-likeness (QED) is 0.0251. The normalized spacial score (nSPS) is 24.4. The second-order valence-electron chi connectivity index (χ2n) is 24.3. The Kier molecular flexibility index (Phi) is 50.3. The van der Waals surface area contributed by atoms with Gasteiger partial charge in [-0.15, -0.1) is 0 Å². The van der Waals surface area contributed by atoms with E-state index < -0.39 is 147 Å². The van der Waals surface area contributed by atoms with E-state index in [0.29, 0.717) is 0 Å². The summed E-state index contributed by atoms with van der Waals surface area (Å²) in [5, 5.41) is 123. The van der Waals surface area contributed by atoms with Gasteiger partial charge in [-0.3, -0.25) is 53.0 Å². The van der Waals surface area contributed by atoms with E-state index in [4.69, 9.17) is 61.6 Å². The van der Waals surface area contributed by atoms with E-state index in [2.05, 4.69) is 47.9 Å². The zero-order chi connectivity index (χ0) is 78.0. The van der Waals surface area contributed by atoms with Gasteiger partial charge >= 0.3 is 0 Å². The van der Waals surface area contributed by atoms with Crippen LogP contribution < -0.4 is 47.9 Å². The first-order chi connectivity index (χ1) is 50.9. The van der Waals surface area contributed by atoms with Crippen molar-refractivity contribution in [2.45, 2.75) is 132 Å². The second kappa shape index (κ2) is 56.5. The Morgan fingerprint density at radius 2 is 0.566 bits per heavy atom. The summed E-state index contributed by atoms with van der Waals surface area (Å²) in [4.78, 5) is 116. The summed E-state index contributed by atoms with van der Waals surface area (Å²) in [7, 11) is 0. The van der Waals surface area contributed by atoms with Crippen LogP contribution in [0, 0.1) is 0 Å². The Labute approximate surface area is 614 Å². The molecule has 43 heteroatoms. The fourth-order valence-corrected chi connectivity index (χ4v) is 10.3. The molecular weight excluding hydrogens is 1420 g/mol. The Bertz CT molecular complexity index is 2400. The van der Waals surface area contributed by atoms with Crippen molar-refractivity contribution in [3.63, 3.8) is 0 Å². The van der Waals surface area contributed by atoms with Crippen molar-refractivity contribution < 1.29 is 156 Å². The van der Waals surface area contributed by atoms with Crippen molar-refractivity contribution >= 4 is 53.2 Å². The van der Waals surface area contributed by atoms with Crippen LogP contribution in [-0.2, 0) is 105 Å². The lowest BCUT2D eigenvalue weighted by Crippen LogP contribution is -2.64. The van der Waals surface area contributed by atoms with Crippen molar-refractivity contribution in [1.29, 1.82) is 0 Å². The fourth-order valence-electron chi connectivity index (χ4n) is 10.3. The minimum absolute atomic E-state index is 0.00352. The molecule has 15 atom stereocenters. The van der Waals surface area contributed by atoms with E-state index in [1.165, 1.54) is 25.7 Å². The number of nitrogens with zero attached hydrogens (tertiary/aromatic N) is 2. The summed E-state index contributed by atoms with van der Waals surface area (Å²) >= 11 is 0. The van der Waals surface area contributed by atoms with E-state index in [0.717, 1.165) is 0 Å². The molecule has 43 nitrogen and oxygen atoms in total. The first-order valence-electron chi connectivity index (χ1n) is 35.2. The van der Waals surface area contributed by atoms with Crippen LogP contribution >= 0.6 is 0 Å². The number of hydrogen-bond donors (Lipinski definition) is 19. The highest BCUT2D eigenvalue weighted by atomic mass is 16.7. The summed E-state index contributed by atoms with van der Waals surface area (Å²) in [6.07, 6.45) is -15.8. The molecule has 3 saturated heterocycles. The monoisotopic (exact) mass is 1540 g/mol. The number of aliphatic hydroxyl groups excluding tert-OH is 10. The summed E-state index contributed by atoms with van der Waals surface area (Å²) in [5.74, 6) is -4.04. The third-order valence-electron chi connectivity index (χ3n) is 15.7. The molecule has 15 unspecified atom stereocenters. The molecule has 0 bridgehead atoms. The van der Waals surface area contributed by atoms with Crippen LogP contribution in [0.3, 0.4) is 0 Å². The Hall–Kier alpha value is -5.77. The lowest BCUT2D eigenvalue weighted by molar-refractivity contribution is -0.272. The van der Waals surface area contributed by atoms with Crippen molar-refractivity contribution in [2.75, 3.05) is 217 Å². The van der Waals surface area contributed by atoms with Crippen molar-refractivity contribution in [3.05, 3.63) is 0 Å². The number of carbonyl (C=O) groups excluding carboxylic acids is 9. The highest BCUT2D eigenvalue weighted by molar-refractivity contribution is 5.82. The molecule has 9 amide bonds. The minimum atomic E-state index is -1.46. The molecular formula is C63H115N11O32. The van der Waals surface area contributed by atoms with Gasteiger partial charge in [-0.25, -0.2) is 0 Å². The lowest BCUT2D eigenvalue weighted by atomic mass is 9.97. The van der Waals surface area contributed by atoms with Gasteiger partial charge in [0, 0.05) is 98.9 Å². The SMILES string of the molecule is CC(=O)NC1C(OCCOCCOCCC(=O)NCCNC(=O)CN(CCOCCO)CCN(CC(=O)NCCNC(=O)CCOCCOCCOC2OC(CO)C(O)C(O)C2NC(C)=O)CC(=O)NCCNC(=O)CCOCCOCCOC2OC(CO)C(O)C(O)C2NC(C)=O)OC(CO)C(O)C1O. The summed E-state index contributed by atoms with van der Waals surface area (Å²) in [6, 6.07) is -3.31. The second-order valence-corrected chi connectivity index (χ2v) is 24.3. The maximum atomic E-state index is 13.4. The van der Waals surface area contributed by atoms with Gasteiger partial charge in [0.15, 0.2) is 18.9 Å². The van der Waals surface area contributed by atoms with Gasteiger partial charge < -0.3 is 160 Å². The number of aliphatic hydroxyl groups is 10. The van der Waals surface area contributed by atoms with Crippen molar-refractivity contribution in [2.24, 2.45) is 0 Å². The Morgan fingerprint density at radius 1 is 0.311 bits per heavy atom. The average Bonchev–Trinajstić information content (AvgIpc) is 0.823. The van der Waals surface area contributed by atoms with Gasteiger partial charge in [-0.2, -0.15) is 0 Å². The van der Waals surface area contributed by atoms with E-state index in [1.807, 2.05) is 0 Å². The zero-order valence-electron chi connectivity index (χ0n) is 60.5. The molecule has 0 aliphatic carbocycles. The van der Waals surface area contributed by atoms with Crippen LogP contribution in [0.15, 0.2) is 0 Å². The predicted molar refractivity (Wildman–Crippen MR) is 362 cm³/mol. The number of hydrogen-bond acceptors (Lipinski definition) is 34. The van der Waals surface area contributed by atoms with E-state index in [9.17, 15) is 94.2 Å². The number of ether oxygens (including phenoxy) is 13. The topological polar surface area (TPSA) is 591 Å². The summed E-state index contributed by atoms with van der Waals surface area (Å²) in [5.41, 5.74) is 0. The van der Waals surface area contributed by atoms with Gasteiger partial charge in [0.1, 0.15) is 73.1 Å². The molecule has 0 aromatic carbocycles. The molecule has 3 aliphatic heterocycles. The Balaban J connectivity index is 1.42. The van der Waals surface area contributed by atoms with Crippen molar-refractivity contribution in [3.8, 4) is 0 Å². The molecule has 3 heterocycles. The third-order valence-corrected chi connectivity index (χ3v) is 15.7. The maximum Gasteiger partial charge on any atom is 0.234 e. The molecule has 106 heavy (non-hydrogen) atoms. The van der Waals surface area contributed by atoms with Crippen LogP contribution in [0.5, 0.6) is 0 Å². The molecule has 0 radical (unpaired) electrons. The molecule has 3 rings (SSSR count). The van der Waals surface area contributed by atoms with Crippen LogP contribution in [0.25, 0.3) is 0 Å². The zero-order valence-corrected chi connectivity index (χ0v) is 60.5. The predicted octanol–water partition coefficient (Wildman–Crippen LogP) is -12.6. The van der Waals surface area contributed by atoms with Crippen molar-refractivity contribution in [1.82, 2.24) is 57.7 Å². The molecule has 0 saturated carbocycles. The van der Waals surface area contributed by atoms with E-state index in [-0.39, 0.29) is 234 Å². The fraction of sp³-hybridized carbons (Fsp3) is 0.857. The number of nitrogens with one attached hydrogen (secondary N) is 9. The largest absolute Gasteiger partial charge is 0.394 e. The van der Waals surface area contributed by atoms with Gasteiger partial charge in [0.2, 0.25) is 53.2 Å². The van der Waals surface area contributed by atoms with Gasteiger partial charge in [-0.05, 0) is 0 Å². The minimum Gasteiger partial charge on any atom is -0.394 e. The van der Waals surface area contributed by atoms with E-state index >= 15 is 0 Å². The highest BCUT2D eigenvalue weighted by Crippen LogP contribution is 2.25. The first kappa shape index (κ1) is 94.4. The molecule has 3 aliphatic rings. The first-order valence-corrected chi connectivity index (χ1v) is 35.2. The highest BCUT2D eigenvalue weighted by Gasteiger charge is 2.48. The molecule has 0 aromatic heterocycles. The summed E-state index contributed by atoms with van der Waals surface area (Å²) in [6.45, 7) is 2.48.